The molecule has 1 aromatic heterocycles. The largest absolute Gasteiger partial charge is 0.364 e. The number of hydrogen-bond acceptors (Lipinski definition) is 2. The number of nitrogens with zero attached hydrogens (tertiary/aromatic N) is 2. The van der Waals surface area contributed by atoms with Gasteiger partial charge < -0.3 is 0 Å². The lowest BCUT2D eigenvalue weighted by molar-refractivity contribution is -0.647. The third kappa shape index (κ3) is 2.09. The number of rotatable bonds is 2. The second-order valence-corrected chi connectivity index (χ2v) is 4.47. The maximum absolute atomic E-state index is 4.55. The van der Waals surface area contributed by atoms with Gasteiger partial charge in [-0.2, -0.15) is 4.57 Å². The van der Waals surface area contributed by atoms with Gasteiger partial charge in [0.2, 0.25) is 0 Å². The first-order valence-corrected chi connectivity index (χ1v) is 6.44. The van der Waals surface area contributed by atoms with Crippen LogP contribution < -0.4 is 4.57 Å². The van der Waals surface area contributed by atoms with Crippen molar-refractivity contribution in [3.63, 3.8) is 0 Å². The molecule has 0 fully saturated rings. The summed E-state index contributed by atoms with van der Waals surface area (Å²) in [6.45, 7) is 4.14. The van der Waals surface area contributed by atoms with E-state index in [-0.39, 0.29) is 0 Å². The second-order valence-electron chi connectivity index (χ2n) is 3.70. The molecule has 0 atom stereocenters. The molecule has 0 unspecified atom stereocenters. The number of hydrogen-bond donors (Lipinski definition) is 0. The van der Waals surface area contributed by atoms with Crippen LogP contribution in [0.2, 0.25) is 0 Å². The monoisotopic (exact) mass is 231 g/mol. The van der Waals surface area contributed by atoms with Crippen LogP contribution in [0.3, 0.4) is 0 Å². The summed E-state index contributed by atoms with van der Waals surface area (Å²) in [7, 11) is 0. The third-order valence-corrected chi connectivity index (χ3v) is 3.07. The fraction of sp³-hybridized carbons (Fsp3) is 0.231. The first-order chi connectivity index (χ1) is 7.72. The Balaban J connectivity index is 2.64. The van der Waals surface area contributed by atoms with Gasteiger partial charge in [0, 0.05) is 13.0 Å². The first-order valence-electron chi connectivity index (χ1n) is 5.22. The summed E-state index contributed by atoms with van der Waals surface area (Å²) in [6.07, 6.45) is 2.06. The predicted octanol–water partition coefficient (Wildman–Crippen LogP) is 2.70. The molecule has 0 spiro atoms. The molecule has 0 amide bonds. The van der Waals surface area contributed by atoms with Gasteiger partial charge in [-0.3, -0.25) is 0 Å². The third-order valence-electron chi connectivity index (χ3n) is 2.43. The smallest absolute Gasteiger partial charge is 0.188 e. The van der Waals surface area contributed by atoms with Gasteiger partial charge in [0.15, 0.2) is 5.69 Å². The van der Waals surface area contributed by atoms with Crippen LogP contribution in [0.4, 0.5) is 0 Å². The SMILES string of the molecule is CSc1nc(C)cc(C)[n+]1-c1ccccc1. The highest BCUT2D eigenvalue weighted by Crippen LogP contribution is 2.12. The van der Waals surface area contributed by atoms with E-state index in [1.807, 2.05) is 25.1 Å². The van der Waals surface area contributed by atoms with Crippen LogP contribution in [0.25, 0.3) is 5.69 Å². The van der Waals surface area contributed by atoms with Crippen LogP contribution in [0.1, 0.15) is 11.4 Å². The molecule has 16 heavy (non-hydrogen) atoms. The van der Waals surface area contributed by atoms with Gasteiger partial charge >= 0.3 is 5.16 Å². The summed E-state index contributed by atoms with van der Waals surface area (Å²) in [5.74, 6) is 0. The molecule has 0 aliphatic heterocycles. The summed E-state index contributed by atoms with van der Waals surface area (Å²) in [5, 5.41) is 1.03. The molecule has 2 nitrogen and oxygen atoms in total. The van der Waals surface area contributed by atoms with Gasteiger partial charge in [-0.05, 0) is 42.1 Å². The Bertz CT molecular complexity index is 495. The topological polar surface area (TPSA) is 16.8 Å². The van der Waals surface area contributed by atoms with Gasteiger partial charge in [0.1, 0.15) is 11.4 Å². The number of thioether (sulfide) groups is 1. The average Bonchev–Trinajstić information content (AvgIpc) is 2.29. The molecule has 0 radical (unpaired) electrons. The molecule has 0 N–H and O–H groups in total. The zero-order chi connectivity index (χ0) is 11.5. The first kappa shape index (κ1) is 11.1. The van der Waals surface area contributed by atoms with Gasteiger partial charge in [-0.1, -0.05) is 18.2 Å². The summed E-state index contributed by atoms with van der Waals surface area (Å²) >= 11 is 1.67. The van der Waals surface area contributed by atoms with Crippen LogP contribution in [0, 0.1) is 13.8 Å². The Hall–Kier alpha value is -1.35. The Kier molecular flexibility index (Phi) is 3.25. The van der Waals surface area contributed by atoms with E-state index in [0.29, 0.717) is 0 Å². The van der Waals surface area contributed by atoms with Crippen molar-refractivity contribution in [3.05, 3.63) is 47.8 Å². The van der Waals surface area contributed by atoms with E-state index < -0.39 is 0 Å². The molecule has 0 saturated carbocycles. The molecule has 1 aromatic carbocycles. The van der Waals surface area contributed by atoms with Crippen molar-refractivity contribution in [2.45, 2.75) is 19.0 Å². The summed E-state index contributed by atoms with van der Waals surface area (Å²) in [5.41, 5.74) is 3.44. The number of benzene rings is 1. The summed E-state index contributed by atoms with van der Waals surface area (Å²) in [4.78, 5) is 4.55. The molecule has 0 aliphatic rings. The minimum absolute atomic E-state index is 1.03. The zero-order valence-electron chi connectivity index (χ0n) is 9.77. The predicted molar refractivity (Wildman–Crippen MR) is 67.0 cm³/mol. The van der Waals surface area contributed by atoms with Crippen LogP contribution in [0.5, 0.6) is 0 Å². The van der Waals surface area contributed by atoms with Crippen molar-refractivity contribution >= 4 is 11.8 Å². The minimum atomic E-state index is 1.03. The standard InChI is InChI=1S/C13H15N2S/c1-10-9-11(2)15(13(14-10)16-3)12-7-5-4-6-8-12/h4-9H,1-3H3/q+1. The quantitative estimate of drug-likeness (QED) is 0.449. The van der Waals surface area contributed by atoms with E-state index in [0.717, 1.165) is 16.5 Å². The summed E-state index contributed by atoms with van der Waals surface area (Å²) in [6, 6.07) is 12.4. The molecular formula is C13H15N2S+. The lowest BCUT2D eigenvalue weighted by atomic mass is 10.3. The van der Waals surface area contributed by atoms with Crippen molar-refractivity contribution in [1.29, 1.82) is 0 Å². The molecule has 0 aliphatic carbocycles. The van der Waals surface area contributed by atoms with Crippen LogP contribution in [-0.2, 0) is 0 Å². The van der Waals surface area contributed by atoms with Crippen LogP contribution in [0.15, 0.2) is 41.6 Å². The highest BCUT2D eigenvalue weighted by molar-refractivity contribution is 7.98. The van der Waals surface area contributed by atoms with Gasteiger partial charge in [0.25, 0.3) is 0 Å². The Morgan fingerprint density at radius 1 is 1.12 bits per heavy atom. The second kappa shape index (κ2) is 4.66. The van der Waals surface area contributed by atoms with E-state index in [9.17, 15) is 0 Å². The number of para-hydroxylation sites is 1. The maximum atomic E-state index is 4.55. The van der Waals surface area contributed by atoms with Gasteiger partial charge in [-0.15, -0.1) is 0 Å². The number of aryl methyl sites for hydroxylation is 2. The van der Waals surface area contributed by atoms with Crippen molar-refractivity contribution in [2.75, 3.05) is 6.26 Å². The molecule has 3 heteroatoms. The zero-order valence-corrected chi connectivity index (χ0v) is 10.6. The van der Waals surface area contributed by atoms with Crippen molar-refractivity contribution in [1.82, 2.24) is 4.98 Å². The van der Waals surface area contributed by atoms with E-state index in [2.05, 4.69) is 40.9 Å². The Labute approximate surface area is 100 Å². The highest BCUT2D eigenvalue weighted by Gasteiger charge is 2.17. The van der Waals surface area contributed by atoms with E-state index in [1.165, 1.54) is 5.69 Å². The van der Waals surface area contributed by atoms with E-state index >= 15 is 0 Å². The molecule has 2 aromatic rings. The van der Waals surface area contributed by atoms with Crippen LogP contribution in [-0.4, -0.2) is 11.2 Å². The normalized spacial score (nSPS) is 10.4. The van der Waals surface area contributed by atoms with Gasteiger partial charge in [0.05, 0.1) is 0 Å². The van der Waals surface area contributed by atoms with E-state index in [4.69, 9.17) is 0 Å². The van der Waals surface area contributed by atoms with Gasteiger partial charge in [-0.25, -0.2) is 0 Å². The van der Waals surface area contributed by atoms with E-state index in [1.54, 1.807) is 11.8 Å². The Morgan fingerprint density at radius 3 is 2.44 bits per heavy atom. The fourth-order valence-corrected chi connectivity index (χ4v) is 2.45. The molecule has 0 saturated heterocycles. The van der Waals surface area contributed by atoms with Crippen molar-refractivity contribution < 1.29 is 4.57 Å². The molecule has 82 valence electrons. The molecule has 0 bridgehead atoms. The minimum Gasteiger partial charge on any atom is -0.188 e. The van der Waals surface area contributed by atoms with Crippen molar-refractivity contribution in [2.24, 2.45) is 0 Å². The van der Waals surface area contributed by atoms with Crippen molar-refractivity contribution in [3.8, 4) is 5.69 Å². The maximum Gasteiger partial charge on any atom is 0.364 e. The van der Waals surface area contributed by atoms with Crippen LogP contribution >= 0.6 is 11.8 Å². The lowest BCUT2D eigenvalue weighted by Crippen LogP contribution is -2.38. The lowest BCUT2D eigenvalue weighted by Gasteiger charge is -2.05. The Morgan fingerprint density at radius 2 is 1.81 bits per heavy atom. The average molecular weight is 231 g/mol. The fourth-order valence-electron chi connectivity index (χ4n) is 1.78. The molecular weight excluding hydrogens is 216 g/mol. The summed E-state index contributed by atoms with van der Waals surface area (Å²) < 4.78 is 2.18. The molecule has 1 heterocycles. The highest BCUT2D eigenvalue weighted by atomic mass is 32.2. The molecule has 2 rings (SSSR count). The number of aromatic nitrogens is 2.